The zero-order valence-corrected chi connectivity index (χ0v) is 22.0. The topological polar surface area (TPSA) is 140 Å². The van der Waals surface area contributed by atoms with Gasteiger partial charge in [0, 0.05) is 31.1 Å². The van der Waals surface area contributed by atoms with Crippen molar-refractivity contribution in [3.05, 3.63) is 35.0 Å². The van der Waals surface area contributed by atoms with Crippen LogP contribution in [0.5, 0.6) is 0 Å². The van der Waals surface area contributed by atoms with Gasteiger partial charge in [0.1, 0.15) is 17.0 Å². The standard InChI is InChI=1S/C25H29ClF2N8O3/c1-39-25(38)35-10-2-3-14(12-35)31-23-30-11-18-22(34-23)36(15-6-4-13(5-7-15)21(29)37)24(32-18)33-20-17(27)9-8-16(26)19(20)28/h8-9,11,13-15H,2-7,10,12H2,1H3,(H2,29,37)(H,32,33)(H,30,31,34)/t13-,14-,15-/m1/s1. The van der Waals surface area contributed by atoms with Gasteiger partial charge in [0.25, 0.3) is 0 Å². The van der Waals surface area contributed by atoms with E-state index in [1.165, 1.54) is 13.3 Å². The van der Waals surface area contributed by atoms with Crippen molar-refractivity contribution in [1.29, 1.82) is 0 Å². The smallest absolute Gasteiger partial charge is 0.409 e. The number of nitrogens with one attached hydrogen (secondary N) is 2. The van der Waals surface area contributed by atoms with Crippen molar-refractivity contribution in [2.45, 2.75) is 50.6 Å². The van der Waals surface area contributed by atoms with Crippen LogP contribution < -0.4 is 16.4 Å². The number of methoxy groups -OCH3 is 1. The number of likely N-dealkylation sites (tertiary alicyclic amines) is 1. The average molecular weight is 563 g/mol. The minimum absolute atomic E-state index is 0.0927. The first-order chi connectivity index (χ1) is 18.7. The molecule has 0 unspecified atom stereocenters. The van der Waals surface area contributed by atoms with Crippen LogP contribution in [0.3, 0.4) is 0 Å². The molecule has 3 heterocycles. The van der Waals surface area contributed by atoms with Crippen LogP contribution in [-0.2, 0) is 9.53 Å². The normalized spacial score (nSPS) is 21.5. The maximum atomic E-state index is 14.8. The minimum atomic E-state index is -0.936. The zero-order chi connectivity index (χ0) is 27.7. The second-order valence-electron chi connectivity index (χ2n) is 9.86. The molecule has 5 rings (SSSR count). The van der Waals surface area contributed by atoms with Crippen LogP contribution in [0.15, 0.2) is 18.3 Å². The van der Waals surface area contributed by atoms with Gasteiger partial charge >= 0.3 is 6.09 Å². The molecule has 1 aliphatic heterocycles. The molecule has 2 fully saturated rings. The number of anilines is 3. The summed E-state index contributed by atoms with van der Waals surface area (Å²) in [6.07, 6.45) is 5.08. The van der Waals surface area contributed by atoms with Crippen molar-refractivity contribution in [2.24, 2.45) is 11.7 Å². The van der Waals surface area contributed by atoms with E-state index in [-0.39, 0.29) is 34.9 Å². The lowest BCUT2D eigenvalue weighted by atomic mass is 9.85. The molecule has 3 aromatic rings. The Morgan fingerprint density at radius 3 is 2.64 bits per heavy atom. The van der Waals surface area contributed by atoms with Gasteiger partial charge in [0.05, 0.1) is 18.3 Å². The van der Waals surface area contributed by atoms with Crippen LogP contribution in [0, 0.1) is 17.6 Å². The van der Waals surface area contributed by atoms with Gasteiger partial charge in [-0.05, 0) is 50.7 Å². The molecule has 4 N–H and O–H groups in total. The molecule has 1 saturated heterocycles. The Morgan fingerprint density at radius 2 is 1.92 bits per heavy atom. The van der Waals surface area contributed by atoms with Crippen LogP contribution in [0.4, 0.5) is 31.2 Å². The molecule has 1 atom stereocenters. The number of imidazole rings is 1. The molecule has 0 spiro atoms. The van der Waals surface area contributed by atoms with Crippen molar-refractivity contribution in [1.82, 2.24) is 24.4 Å². The van der Waals surface area contributed by atoms with Gasteiger partial charge in [-0.3, -0.25) is 9.36 Å². The van der Waals surface area contributed by atoms with E-state index in [4.69, 9.17) is 27.1 Å². The van der Waals surface area contributed by atoms with Gasteiger partial charge in [0.2, 0.25) is 17.8 Å². The van der Waals surface area contributed by atoms with E-state index in [0.717, 1.165) is 25.0 Å². The van der Waals surface area contributed by atoms with Crippen LogP contribution in [0.1, 0.15) is 44.6 Å². The number of aromatic nitrogens is 4. The summed E-state index contributed by atoms with van der Waals surface area (Å²) in [7, 11) is 1.35. The molecule has 0 radical (unpaired) electrons. The number of ether oxygens (including phenoxy) is 1. The van der Waals surface area contributed by atoms with Gasteiger partial charge in [-0.1, -0.05) is 11.6 Å². The number of amides is 2. The Balaban J connectivity index is 1.49. The summed E-state index contributed by atoms with van der Waals surface area (Å²) >= 11 is 5.90. The van der Waals surface area contributed by atoms with E-state index in [9.17, 15) is 18.4 Å². The van der Waals surface area contributed by atoms with Crippen LogP contribution in [-0.4, -0.2) is 62.7 Å². The number of hydrogen-bond donors (Lipinski definition) is 3. The number of fused-ring (bicyclic) bond motifs is 1. The maximum Gasteiger partial charge on any atom is 0.409 e. The predicted molar refractivity (Wildman–Crippen MR) is 141 cm³/mol. The monoisotopic (exact) mass is 562 g/mol. The summed E-state index contributed by atoms with van der Waals surface area (Å²) in [6.45, 7) is 1.04. The molecule has 1 aliphatic carbocycles. The van der Waals surface area contributed by atoms with Crippen molar-refractivity contribution in [3.8, 4) is 0 Å². The molecule has 2 aromatic heterocycles. The first kappa shape index (κ1) is 26.9. The molecular weight excluding hydrogens is 534 g/mol. The Bertz CT molecular complexity index is 1400. The average Bonchev–Trinajstić information content (AvgIpc) is 3.30. The molecule has 2 amide bonds. The molecule has 208 valence electrons. The Labute approximate surface area is 228 Å². The van der Waals surface area contributed by atoms with Crippen molar-refractivity contribution in [2.75, 3.05) is 30.8 Å². The number of nitrogens with two attached hydrogens (primary N) is 1. The zero-order valence-electron chi connectivity index (χ0n) is 21.3. The lowest BCUT2D eigenvalue weighted by Crippen LogP contribution is -2.45. The van der Waals surface area contributed by atoms with E-state index in [1.54, 1.807) is 9.47 Å². The number of carbonyl (C=O) groups excluding carboxylic acids is 2. The SMILES string of the molecule is COC(=O)N1CCC[C@@H](Nc2ncc3nc(Nc4c(F)ccc(Cl)c4F)n([C@H]4CC[C@H](C(N)=O)CC4)c3n2)C1. The number of hydrogen-bond acceptors (Lipinski definition) is 8. The molecule has 2 aliphatic rings. The second-order valence-corrected chi connectivity index (χ2v) is 10.3. The van der Waals surface area contributed by atoms with E-state index in [1.807, 2.05) is 0 Å². The van der Waals surface area contributed by atoms with E-state index < -0.39 is 23.4 Å². The highest BCUT2D eigenvalue weighted by Crippen LogP contribution is 2.38. The van der Waals surface area contributed by atoms with E-state index in [0.29, 0.717) is 55.9 Å². The fourth-order valence-corrected chi connectivity index (χ4v) is 5.50. The van der Waals surface area contributed by atoms with Gasteiger partial charge in [0.15, 0.2) is 11.5 Å². The fraction of sp³-hybridized carbons (Fsp3) is 0.480. The molecule has 1 saturated carbocycles. The number of benzene rings is 1. The first-order valence-electron chi connectivity index (χ1n) is 12.8. The van der Waals surface area contributed by atoms with Crippen LogP contribution >= 0.6 is 11.6 Å². The summed E-state index contributed by atoms with van der Waals surface area (Å²) < 4.78 is 36.0. The van der Waals surface area contributed by atoms with Gasteiger partial charge in [-0.2, -0.15) is 4.98 Å². The molecule has 1 aromatic carbocycles. The molecule has 0 bridgehead atoms. The quantitative estimate of drug-likeness (QED) is 0.376. The summed E-state index contributed by atoms with van der Waals surface area (Å²) in [6, 6.07) is 1.96. The predicted octanol–water partition coefficient (Wildman–Crippen LogP) is 4.36. The lowest BCUT2D eigenvalue weighted by Gasteiger charge is -2.32. The minimum Gasteiger partial charge on any atom is -0.453 e. The molecule has 39 heavy (non-hydrogen) atoms. The Kier molecular flexibility index (Phi) is 7.69. The van der Waals surface area contributed by atoms with Crippen LogP contribution in [0.2, 0.25) is 5.02 Å². The fourth-order valence-electron chi connectivity index (χ4n) is 5.34. The highest BCUT2D eigenvalue weighted by molar-refractivity contribution is 6.31. The lowest BCUT2D eigenvalue weighted by molar-refractivity contribution is -0.122. The summed E-state index contributed by atoms with van der Waals surface area (Å²) in [5.41, 5.74) is 5.97. The number of piperidine rings is 1. The number of nitrogens with zero attached hydrogens (tertiary/aromatic N) is 5. The van der Waals surface area contributed by atoms with Gasteiger partial charge < -0.3 is 26.0 Å². The highest BCUT2D eigenvalue weighted by atomic mass is 35.5. The Morgan fingerprint density at radius 1 is 1.15 bits per heavy atom. The van der Waals surface area contributed by atoms with Crippen molar-refractivity contribution >= 4 is 52.3 Å². The maximum absolute atomic E-state index is 14.8. The summed E-state index contributed by atoms with van der Waals surface area (Å²) in [4.78, 5) is 39.0. The first-order valence-corrected chi connectivity index (χ1v) is 13.2. The summed E-state index contributed by atoms with van der Waals surface area (Å²) in [5, 5.41) is 5.83. The molecular formula is C25H29ClF2N8O3. The third-order valence-electron chi connectivity index (χ3n) is 7.37. The second kappa shape index (κ2) is 11.2. The third kappa shape index (κ3) is 5.54. The molecule has 11 nitrogen and oxygen atoms in total. The number of carbonyl (C=O) groups is 2. The van der Waals surface area contributed by atoms with Crippen LogP contribution in [0.25, 0.3) is 11.2 Å². The van der Waals surface area contributed by atoms with Crippen molar-refractivity contribution < 1.29 is 23.1 Å². The van der Waals surface area contributed by atoms with E-state index >= 15 is 0 Å². The number of rotatable bonds is 6. The van der Waals surface area contributed by atoms with E-state index in [2.05, 4.69) is 20.6 Å². The largest absolute Gasteiger partial charge is 0.453 e. The Hall–Kier alpha value is -3.74. The molecule has 14 heteroatoms. The number of primary amides is 1. The third-order valence-corrected chi connectivity index (χ3v) is 7.66. The van der Waals surface area contributed by atoms with Gasteiger partial charge in [-0.25, -0.2) is 23.5 Å². The van der Waals surface area contributed by atoms with Crippen molar-refractivity contribution in [3.63, 3.8) is 0 Å². The van der Waals surface area contributed by atoms with Gasteiger partial charge in [-0.15, -0.1) is 0 Å². The highest BCUT2D eigenvalue weighted by Gasteiger charge is 2.30. The summed E-state index contributed by atoms with van der Waals surface area (Å²) in [5.74, 6) is -1.83. The number of halogens is 3.